The Kier molecular flexibility index (Phi) is 6.01. The largest absolute Gasteiger partial charge is 0.308 e. The topological polar surface area (TPSA) is 116 Å². The number of rotatable bonds is 7. The van der Waals surface area contributed by atoms with Gasteiger partial charge in [-0.1, -0.05) is 49.6 Å². The first kappa shape index (κ1) is 20.4. The SMILES string of the molecule is O=C(Cc1ccccc1)Nc1n[nH]c2ccc(NS(=O)(=O)NC3CCCCC3)cc12. The second-order valence-electron chi connectivity index (χ2n) is 7.60. The number of nitrogens with one attached hydrogen (secondary N) is 4. The number of benzene rings is 2. The molecule has 0 aliphatic heterocycles. The zero-order valence-corrected chi connectivity index (χ0v) is 17.3. The summed E-state index contributed by atoms with van der Waals surface area (Å²) in [5.41, 5.74) is 2.01. The lowest BCUT2D eigenvalue weighted by atomic mass is 9.96. The van der Waals surface area contributed by atoms with Crippen LogP contribution in [-0.2, 0) is 21.4 Å². The lowest BCUT2D eigenvalue weighted by molar-refractivity contribution is -0.115. The first-order chi connectivity index (χ1) is 14.5. The van der Waals surface area contributed by atoms with Gasteiger partial charge in [-0.05, 0) is 36.6 Å². The molecule has 8 nitrogen and oxygen atoms in total. The predicted octanol–water partition coefficient (Wildman–Crippen LogP) is 3.32. The number of anilines is 2. The zero-order chi connectivity index (χ0) is 21.0. The fourth-order valence-electron chi connectivity index (χ4n) is 3.75. The maximum Gasteiger partial charge on any atom is 0.299 e. The van der Waals surface area contributed by atoms with Crippen molar-refractivity contribution in [2.75, 3.05) is 10.0 Å². The van der Waals surface area contributed by atoms with E-state index < -0.39 is 10.2 Å². The second-order valence-corrected chi connectivity index (χ2v) is 9.05. The number of fused-ring (bicyclic) bond motifs is 1. The number of carbonyl (C=O) groups excluding carboxylic acids is 1. The molecular weight excluding hydrogens is 402 g/mol. The van der Waals surface area contributed by atoms with E-state index in [1.54, 1.807) is 18.2 Å². The Bertz CT molecular complexity index is 1120. The van der Waals surface area contributed by atoms with Gasteiger partial charge in [0.05, 0.1) is 17.6 Å². The van der Waals surface area contributed by atoms with Gasteiger partial charge in [-0.3, -0.25) is 14.6 Å². The van der Waals surface area contributed by atoms with Crippen LogP contribution < -0.4 is 14.8 Å². The van der Waals surface area contributed by atoms with E-state index in [0.717, 1.165) is 37.7 Å². The highest BCUT2D eigenvalue weighted by molar-refractivity contribution is 7.90. The quantitative estimate of drug-likeness (QED) is 0.463. The summed E-state index contributed by atoms with van der Waals surface area (Å²) in [5.74, 6) is 0.173. The van der Waals surface area contributed by atoms with Crippen LogP contribution in [0.25, 0.3) is 10.9 Å². The van der Waals surface area contributed by atoms with Gasteiger partial charge in [0.25, 0.3) is 10.2 Å². The summed E-state index contributed by atoms with van der Waals surface area (Å²) >= 11 is 0. The van der Waals surface area contributed by atoms with Crippen LogP contribution in [-0.4, -0.2) is 30.6 Å². The standard InChI is InChI=1S/C21H25N5O3S/c27-20(13-15-7-3-1-4-8-15)22-21-18-14-17(11-12-19(18)23-24-21)26-30(28,29)25-16-9-5-2-6-10-16/h1,3-4,7-8,11-12,14,16,25-26H,2,5-6,9-10,13H2,(H2,22,23,24,27). The van der Waals surface area contributed by atoms with Crippen molar-refractivity contribution < 1.29 is 13.2 Å². The summed E-state index contributed by atoms with van der Waals surface area (Å²) in [6.45, 7) is 0. The third-order valence-corrected chi connectivity index (χ3v) is 6.36. The van der Waals surface area contributed by atoms with Crippen LogP contribution >= 0.6 is 0 Å². The third kappa shape index (κ3) is 5.17. The fraction of sp³-hybridized carbons (Fsp3) is 0.333. The van der Waals surface area contributed by atoms with E-state index in [1.165, 1.54) is 0 Å². The number of carbonyl (C=O) groups is 1. The lowest BCUT2D eigenvalue weighted by Gasteiger charge is -2.22. The van der Waals surface area contributed by atoms with Gasteiger partial charge in [0.2, 0.25) is 5.91 Å². The molecule has 0 spiro atoms. The Labute approximate surface area is 175 Å². The van der Waals surface area contributed by atoms with Crippen LogP contribution in [0.15, 0.2) is 48.5 Å². The highest BCUT2D eigenvalue weighted by Crippen LogP contribution is 2.25. The molecule has 1 aliphatic carbocycles. The lowest BCUT2D eigenvalue weighted by Crippen LogP contribution is -2.39. The number of H-pyrrole nitrogens is 1. The van der Waals surface area contributed by atoms with Crippen molar-refractivity contribution in [2.45, 2.75) is 44.6 Å². The van der Waals surface area contributed by atoms with Gasteiger partial charge in [-0.2, -0.15) is 18.2 Å². The maximum absolute atomic E-state index is 12.5. The van der Waals surface area contributed by atoms with E-state index in [2.05, 4.69) is 25.0 Å². The summed E-state index contributed by atoms with van der Waals surface area (Å²) in [6, 6.07) is 14.5. The van der Waals surface area contributed by atoms with Crippen LogP contribution in [0.3, 0.4) is 0 Å². The molecule has 0 atom stereocenters. The fourth-order valence-corrected chi connectivity index (χ4v) is 4.93. The van der Waals surface area contributed by atoms with Gasteiger partial charge >= 0.3 is 0 Å². The van der Waals surface area contributed by atoms with E-state index >= 15 is 0 Å². The van der Waals surface area contributed by atoms with Gasteiger partial charge in [-0.15, -0.1) is 0 Å². The molecular formula is C21H25N5O3S. The van der Waals surface area contributed by atoms with Gasteiger partial charge < -0.3 is 5.32 Å². The summed E-state index contributed by atoms with van der Waals surface area (Å²) in [6.07, 6.45) is 5.19. The van der Waals surface area contributed by atoms with Crippen LogP contribution in [0.1, 0.15) is 37.7 Å². The average Bonchev–Trinajstić information content (AvgIpc) is 3.10. The molecule has 2 aromatic carbocycles. The maximum atomic E-state index is 12.5. The summed E-state index contributed by atoms with van der Waals surface area (Å²) in [5, 5.41) is 10.4. The number of nitrogens with zero attached hydrogens (tertiary/aromatic N) is 1. The first-order valence-corrected chi connectivity index (χ1v) is 11.6. The molecule has 1 aliphatic rings. The Morgan fingerprint density at radius 3 is 2.60 bits per heavy atom. The van der Waals surface area contributed by atoms with Crippen molar-refractivity contribution in [1.82, 2.24) is 14.9 Å². The predicted molar refractivity (Wildman–Crippen MR) is 117 cm³/mol. The highest BCUT2D eigenvalue weighted by atomic mass is 32.2. The molecule has 0 radical (unpaired) electrons. The minimum absolute atomic E-state index is 0.0262. The molecule has 158 valence electrons. The molecule has 1 heterocycles. The van der Waals surface area contributed by atoms with Crippen molar-refractivity contribution in [1.29, 1.82) is 0 Å². The minimum Gasteiger partial charge on any atom is -0.308 e. The number of aromatic amines is 1. The Hall–Kier alpha value is -2.91. The van der Waals surface area contributed by atoms with E-state index in [1.807, 2.05) is 30.3 Å². The molecule has 4 N–H and O–H groups in total. The van der Waals surface area contributed by atoms with Gasteiger partial charge in [0.1, 0.15) is 0 Å². The smallest absolute Gasteiger partial charge is 0.299 e. The highest BCUT2D eigenvalue weighted by Gasteiger charge is 2.20. The number of amides is 1. The zero-order valence-electron chi connectivity index (χ0n) is 16.5. The normalized spacial score (nSPS) is 15.2. The van der Waals surface area contributed by atoms with Crippen molar-refractivity contribution in [3.8, 4) is 0 Å². The minimum atomic E-state index is -3.68. The molecule has 9 heteroatoms. The van der Waals surface area contributed by atoms with E-state index in [-0.39, 0.29) is 18.4 Å². The molecule has 0 saturated heterocycles. The van der Waals surface area contributed by atoms with Gasteiger partial charge in [-0.25, -0.2) is 0 Å². The first-order valence-electron chi connectivity index (χ1n) is 10.1. The molecule has 4 rings (SSSR count). The molecule has 0 bridgehead atoms. The molecule has 1 fully saturated rings. The third-order valence-electron chi connectivity index (χ3n) is 5.21. The van der Waals surface area contributed by atoms with E-state index in [9.17, 15) is 13.2 Å². The van der Waals surface area contributed by atoms with Crippen molar-refractivity contribution in [2.24, 2.45) is 0 Å². The summed E-state index contributed by atoms with van der Waals surface area (Å²) in [7, 11) is -3.68. The molecule has 1 saturated carbocycles. The summed E-state index contributed by atoms with van der Waals surface area (Å²) < 4.78 is 30.3. The van der Waals surface area contributed by atoms with Crippen LogP contribution in [0.5, 0.6) is 0 Å². The van der Waals surface area contributed by atoms with E-state index in [4.69, 9.17) is 0 Å². The Morgan fingerprint density at radius 2 is 1.83 bits per heavy atom. The molecule has 1 aromatic heterocycles. The molecule has 30 heavy (non-hydrogen) atoms. The number of aromatic nitrogens is 2. The summed E-state index contributed by atoms with van der Waals surface area (Å²) in [4.78, 5) is 12.4. The monoisotopic (exact) mass is 427 g/mol. The molecule has 0 unspecified atom stereocenters. The Morgan fingerprint density at radius 1 is 1.07 bits per heavy atom. The second kappa shape index (κ2) is 8.85. The Balaban J connectivity index is 1.46. The van der Waals surface area contributed by atoms with Crippen molar-refractivity contribution in [3.63, 3.8) is 0 Å². The van der Waals surface area contributed by atoms with Gasteiger partial charge in [0.15, 0.2) is 5.82 Å². The van der Waals surface area contributed by atoms with E-state index in [0.29, 0.717) is 22.4 Å². The number of hydrogen-bond donors (Lipinski definition) is 4. The van der Waals surface area contributed by atoms with Crippen molar-refractivity contribution in [3.05, 3.63) is 54.1 Å². The van der Waals surface area contributed by atoms with Crippen LogP contribution in [0.4, 0.5) is 11.5 Å². The van der Waals surface area contributed by atoms with Crippen LogP contribution in [0, 0.1) is 0 Å². The van der Waals surface area contributed by atoms with Crippen LogP contribution in [0.2, 0.25) is 0 Å². The van der Waals surface area contributed by atoms with Gasteiger partial charge in [0, 0.05) is 11.4 Å². The molecule has 3 aromatic rings. The average molecular weight is 428 g/mol. The number of hydrogen-bond acceptors (Lipinski definition) is 4. The molecule has 1 amide bonds. The van der Waals surface area contributed by atoms with Crippen molar-refractivity contribution >= 4 is 38.5 Å².